The summed E-state index contributed by atoms with van der Waals surface area (Å²) in [5.41, 5.74) is 4.57. The molecule has 1 aliphatic heterocycles. The van der Waals surface area contributed by atoms with Crippen molar-refractivity contribution in [1.29, 1.82) is 0 Å². The molecule has 1 saturated heterocycles. The van der Waals surface area contributed by atoms with Crippen molar-refractivity contribution in [3.05, 3.63) is 71.5 Å². The van der Waals surface area contributed by atoms with E-state index in [9.17, 15) is 4.79 Å². The van der Waals surface area contributed by atoms with E-state index in [1.165, 1.54) is 11.1 Å². The molecule has 1 amide bonds. The highest BCUT2D eigenvalue weighted by atomic mass is 16.2. The van der Waals surface area contributed by atoms with E-state index < -0.39 is 0 Å². The first-order valence-electron chi connectivity index (χ1n) is 8.86. The van der Waals surface area contributed by atoms with E-state index in [1.54, 1.807) is 11.0 Å². The average Bonchev–Trinajstić information content (AvgIpc) is 3.35. The van der Waals surface area contributed by atoms with E-state index in [1.807, 2.05) is 29.2 Å². The van der Waals surface area contributed by atoms with Crippen LogP contribution in [0, 0.1) is 6.92 Å². The average molecular weight is 347 g/mol. The zero-order valence-corrected chi connectivity index (χ0v) is 14.7. The van der Waals surface area contributed by atoms with Gasteiger partial charge in [-0.2, -0.15) is 0 Å². The Morgan fingerprint density at radius 1 is 1.15 bits per heavy atom. The Kier molecular flexibility index (Phi) is 4.48. The molecule has 1 aromatic heterocycles. The fourth-order valence-electron chi connectivity index (χ4n) is 3.62. The van der Waals surface area contributed by atoms with Crippen LogP contribution in [-0.2, 0) is 11.2 Å². The van der Waals surface area contributed by atoms with Crippen LogP contribution in [0.15, 0.2) is 54.9 Å². The van der Waals surface area contributed by atoms with Crippen molar-refractivity contribution in [2.45, 2.75) is 25.7 Å². The second-order valence-electron chi connectivity index (χ2n) is 6.78. The van der Waals surface area contributed by atoms with Gasteiger partial charge in [0.05, 0.1) is 12.1 Å². The van der Waals surface area contributed by atoms with Crippen LogP contribution in [-0.4, -0.2) is 44.1 Å². The monoisotopic (exact) mass is 347 g/mol. The minimum atomic E-state index is 0.191. The van der Waals surface area contributed by atoms with E-state index in [0.29, 0.717) is 12.3 Å². The number of tetrazole rings is 1. The molecule has 0 bridgehead atoms. The van der Waals surface area contributed by atoms with Gasteiger partial charge in [0.25, 0.3) is 0 Å². The van der Waals surface area contributed by atoms with Crippen molar-refractivity contribution < 1.29 is 4.79 Å². The molecule has 6 nitrogen and oxygen atoms in total. The minimum Gasteiger partial charge on any atom is -0.342 e. The molecular weight excluding hydrogens is 326 g/mol. The topological polar surface area (TPSA) is 63.9 Å². The number of aromatic nitrogens is 4. The summed E-state index contributed by atoms with van der Waals surface area (Å²) in [5, 5.41) is 11.1. The third-order valence-electron chi connectivity index (χ3n) is 5.07. The van der Waals surface area contributed by atoms with Crippen LogP contribution < -0.4 is 0 Å². The van der Waals surface area contributed by atoms with Gasteiger partial charge in [-0.25, -0.2) is 4.68 Å². The van der Waals surface area contributed by atoms with Gasteiger partial charge in [-0.3, -0.25) is 4.79 Å². The molecule has 0 unspecified atom stereocenters. The van der Waals surface area contributed by atoms with E-state index in [4.69, 9.17) is 0 Å². The lowest BCUT2D eigenvalue weighted by Crippen LogP contribution is -2.29. The van der Waals surface area contributed by atoms with Crippen LogP contribution in [0.2, 0.25) is 0 Å². The Morgan fingerprint density at radius 3 is 2.69 bits per heavy atom. The number of hydrogen-bond acceptors (Lipinski definition) is 4. The summed E-state index contributed by atoms with van der Waals surface area (Å²) in [6, 6.07) is 16.3. The third-order valence-corrected chi connectivity index (χ3v) is 5.07. The molecule has 132 valence electrons. The second kappa shape index (κ2) is 7.07. The molecule has 26 heavy (non-hydrogen) atoms. The number of nitrogens with zero attached hydrogens (tertiary/aromatic N) is 5. The molecule has 2 aromatic carbocycles. The normalized spacial score (nSPS) is 16.8. The van der Waals surface area contributed by atoms with Crippen LogP contribution in [0.25, 0.3) is 5.69 Å². The zero-order valence-electron chi connectivity index (χ0n) is 14.7. The van der Waals surface area contributed by atoms with Crippen molar-refractivity contribution in [1.82, 2.24) is 25.1 Å². The lowest BCUT2D eigenvalue weighted by molar-refractivity contribution is -0.129. The predicted octanol–water partition coefficient (Wildman–Crippen LogP) is 2.53. The van der Waals surface area contributed by atoms with E-state index in [0.717, 1.165) is 30.8 Å². The van der Waals surface area contributed by atoms with Gasteiger partial charge in [0.1, 0.15) is 6.33 Å². The van der Waals surface area contributed by atoms with Gasteiger partial charge in [0.2, 0.25) is 5.91 Å². The maximum Gasteiger partial charge on any atom is 0.227 e. The van der Waals surface area contributed by atoms with Crippen LogP contribution in [0.4, 0.5) is 0 Å². The first-order chi connectivity index (χ1) is 12.7. The number of likely N-dealkylation sites (tertiary alicyclic amines) is 1. The van der Waals surface area contributed by atoms with Crippen LogP contribution in [0.3, 0.4) is 0 Å². The third kappa shape index (κ3) is 3.35. The molecule has 3 aromatic rings. The highest BCUT2D eigenvalue weighted by molar-refractivity contribution is 5.79. The number of hydrogen-bond donors (Lipinski definition) is 0. The standard InChI is InChI=1S/C20H21N5O/c1-15-4-2-3-5-19(15)17-10-11-24(13-17)20(26)12-16-6-8-18(9-7-16)25-14-21-22-23-25/h2-9,14,17H,10-13H2,1H3/t17-/m0/s1. The van der Waals surface area contributed by atoms with Gasteiger partial charge in [-0.05, 0) is 52.6 Å². The molecule has 1 fully saturated rings. The Balaban J connectivity index is 1.39. The van der Waals surface area contributed by atoms with Gasteiger partial charge in [0, 0.05) is 19.0 Å². The minimum absolute atomic E-state index is 0.191. The summed E-state index contributed by atoms with van der Waals surface area (Å²) in [6.45, 7) is 3.79. The molecule has 2 heterocycles. The summed E-state index contributed by atoms with van der Waals surface area (Å²) in [4.78, 5) is 14.7. The maximum absolute atomic E-state index is 12.7. The Bertz CT molecular complexity index is 889. The van der Waals surface area contributed by atoms with Crippen molar-refractivity contribution in [2.75, 3.05) is 13.1 Å². The molecule has 1 atom stereocenters. The number of aryl methyl sites for hydroxylation is 1. The van der Waals surface area contributed by atoms with Crippen molar-refractivity contribution in [3.63, 3.8) is 0 Å². The van der Waals surface area contributed by atoms with Gasteiger partial charge in [-0.15, -0.1) is 5.10 Å². The summed E-state index contributed by atoms with van der Waals surface area (Å²) in [7, 11) is 0. The first-order valence-corrected chi connectivity index (χ1v) is 8.86. The zero-order chi connectivity index (χ0) is 17.9. The molecule has 0 N–H and O–H groups in total. The maximum atomic E-state index is 12.7. The SMILES string of the molecule is Cc1ccccc1[C@H]1CCN(C(=O)Cc2ccc(-n3cnnn3)cc2)C1. The Morgan fingerprint density at radius 2 is 1.96 bits per heavy atom. The molecule has 0 radical (unpaired) electrons. The first kappa shape index (κ1) is 16.4. The highest BCUT2D eigenvalue weighted by Gasteiger charge is 2.27. The molecule has 0 aliphatic carbocycles. The van der Waals surface area contributed by atoms with E-state index >= 15 is 0 Å². The smallest absolute Gasteiger partial charge is 0.227 e. The van der Waals surface area contributed by atoms with Gasteiger partial charge in [-0.1, -0.05) is 36.4 Å². The van der Waals surface area contributed by atoms with Crippen LogP contribution >= 0.6 is 0 Å². The Labute approximate surface area is 152 Å². The van der Waals surface area contributed by atoms with Crippen LogP contribution in [0.5, 0.6) is 0 Å². The molecule has 1 aliphatic rings. The second-order valence-corrected chi connectivity index (χ2v) is 6.78. The molecular formula is C20H21N5O. The number of benzene rings is 2. The lowest BCUT2D eigenvalue weighted by Gasteiger charge is -2.18. The summed E-state index contributed by atoms with van der Waals surface area (Å²) < 4.78 is 1.60. The summed E-state index contributed by atoms with van der Waals surface area (Å²) >= 11 is 0. The van der Waals surface area contributed by atoms with Gasteiger partial charge in [0.15, 0.2) is 0 Å². The fourth-order valence-corrected chi connectivity index (χ4v) is 3.62. The van der Waals surface area contributed by atoms with E-state index in [2.05, 4.69) is 46.7 Å². The fraction of sp³-hybridized carbons (Fsp3) is 0.300. The Hall–Kier alpha value is -3.02. The molecule has 6 heteroatoms. The quantitative estimate of drug-likeness (QED) is 0.727. The van der Waals surface area contributed by atoms with Gasteiger partial charge >= 0.3 is 0 Å². The molecule has 0 spiro atoms. The summed E-state index contributed by atoms with van der Waals surface area (Å²) in [6.07, 6.45) is 3.02. The highest BCUT2D eigenvalue weighted by Crippen LogP contribution is 2.29. The lowest BCUT2D eigenvalue weighted by atomic mass is 9.94. The number of rotatable bonds is 4. The summed E-state index contributed by atoms with van der Waals surface area (Å²) in [5.74, 6) is 0.638. The number of carbonyl (C=O) groups excluding carboxylic acids is 1. The largest absolute Gasteiger partial charge is 0.342 e. The van der Waals surface area contributed by atoms with Crippen molar-refractivity contribution >= 4 is 5.91 Å². The van der Waals surface area contributed by atoms with E-state index in [-0.39, 0.29) is 5.91 Å². The van der Waals surface area contributed by atoms with Crippen LogP contribution in [0.1, 0.15) is 29.0 Å². The van der Waals surface area contributed by atoms with Gasteiger partial charge < -0.3 is 4.90 Å². The predicted molar refractivity (Wildman–Crippen MR) is 98.0 cm³/mol. The van der Waals surface area contributed by atoms with Crippen molar-refractivity contribution in [3.8, 4) is 5.69 Å². The number of carbonyl (C=O) groups is 1. The molecule has 4 rings (SSSR count). The number of amides is 1. The molecule has 0 saturated carbocycles. The van der Waals surface area contributed by atoms with Crippen molar-refractivity contribution in [2.24, 2.45) is 0 Å².